The number of carbonyl (C=O) groups excluding carboxylic acids is 4. The summed E-state index contributed by atoms with van der Waals surface area (Å²) in [5, 5.41) is 0. The average molecular weight is 879 g/mol. The van der Waals surface area contributed by atoms with Crippen molar-refractivity contribution in [1.29, 1.82) is 0 Å². The SMILES string of the molecule is CC(C)C[C@@H](C(=O)N1CCCC1c1ncc(-c2ccc(-c3ccc(-c4cnc([C@@H]5CCCN5C(=O)[C@H](CC(C)C)N(C)C(=O)OC(C)(C)C)[nH]4)cc3)cc2)[nH]1)N(C)C(=O)OC(C)(C)C. The number of nitrogens with one attached hydrogen (secondary N) is 2. The Hall–Kier alpha value is -5.66. The van der Waals surface area contributed by atoms with E-state index in [1.807, 2.05) is 63.7 Å². The van der Waals surface area contributed by atoms with Gasteiger partial charge in [0, 0.05) is 27.2 Å². The number of ether oxygens (including phenoxy) is 2. The summed E-state index contributed by atoms with van der Waals surface area (Å²) in [4.78, 5) is 77.5. The van der Waals surface area contributed by atoms with Crippen molar-refractivity contribution >= 4 is 24.0 Å². The van der Waals surface area contributed by atoms with E-state index in [4.69, 9.17) is 19.4 Å². The fourth-order valence-electron chi connectivity index (χ4n) is 8.67. The lowest BCUT2D eigenvalue weighted by atomic mass is 10.0. The molecule has 2 N–H and O–H groups in total. The Morgan fingerprint density at radius 2 is 0.938 bits per heavy atom. The van der Waals surface area contributed by atoms with Crippen molar-refractivity contribution in [2.24, 2.45) is 11.8 Å². The van der Waals surface area contributed by atoms with Crippen LogP contribution in [0.15, 0.2) is 60.9 Å². The number of carbonyl (C=O) groups is 4. The fraction of sp³-hybridized carbons (Fsp3) is 0.560. The van der Waals surface area contributed by atoms with Crippen molar-refractivity contribution in [3.63, 3.8) is 0 Å². The number of likely N-dealkylation sites (N-methyl/N-ethyl adjacent to an activating group) is 2. The van der Waals surface area contributed by atoms with Gasteiger partial charge in [-0.15, -0.1) is 0 Å². The quantitative estimate of drug-likeness (QED) is 0.134. The molecule has 6 rings (SSSR count). The molecule has 64 heavy (non-hydrogen) atoms. The number of hydrogen-bond donors (Lipinski definition) is 2. The van der Waals surface area contributed by atoms with E-state index in [1.54, 1.807) is 14.1 Å². The highest BCUT2D eigenvalue weighted by Crippen LogP contribution is 2.36. The molecule has 2 fully saturated rings. The van der Waals surface area contributed by atoms with Gasteiger partial charge < -0.3 is 29.2 Å². The lowest BCUT2D eigenvalue weighted by molar-refractivity contribution is -0.138. The number of aromatic nitrogens is 4. The molecule has 14 heteroatoms. The third-order valence-corrected chi connectivity index (χ3v) is 11.9. The largest absolute Gasteiger partial charge is 0.444 e. The summed E-state index contributed by atoms with van der Waals surface area (Å²) in [5.74, 6) is 1.69. The number of imidazole rings is 2. The van der Waals surface area contributed by atoms with Crippen molar-refractivity contribution in [3.05, 3.63) is 72.6 Å². The summed E-state index contributed by atoms with van der Waals surface area (Å²) in [6.45, 7) is 20.4. The summed E-state index contributed by atoms with van der Waals surface area (Å²) >= 11 is 0. The molecular weight excluding hydrogens is 809 g/mol. The van der Waals surface area contributed by atoms with Gasteiger partial charge in [0.2, 0.25) is 11.8 Å². The van der Waals surface area contributed by atoms with Gasteiger partial charge in [0.15, 0.2) is 0 Å². The van der Waals surface area contributed by atoms with Crippen LogP contribution >= 0.6 is 0 Å². The molecule has 4 amide bonds. The molecule has 0 spiro atoms. The molecule has 4 atom stereocenters. The maximum atomic E-state index is 14.1. The molecule has 0 radical (unpaired) electrons. The Bertz CT molecular complexity index is 2070. The number of likely N-dealkylation sites (tertiary alicyclic amines) is 2. The molecule has 2 aliphatic heterocycles. The lowest BCUT2D eigenvalue weighted by Crippen LogP contribution is -2.51. The van der Waals surface area contributed by atoms with Gasteiger partial charge >= 0.3 is 12.2 Å². The van der Waals surface area contributed by atoms with E-state index in [0.29, 0.717) is 25.9 Å². The first-order valence-corrected chi connectivity index (χ1v) is 22.9. The molecule has 1 unspecified atom stereocenters. The van der Waals surface area contributed by atoms with E-state index < -0.39 is 35.5 Å². The van der Waals surface area contributed by atoms with Gasteiger partial charge in [-0.3, -0.25) is 19.4 Å². The molecular formula is C50H70N8O6. The molecule has 4 heterocycles. The monoisotopic (exact) mass is 879 g/mol. The summed E-state index contributed by atoms with van der Waals surface area (Å²) in [6.07, 6.45) is 6.96. The number of H-pyrrole nitrogens is 2. The van der Waals surface area contributed by atoms with Crippen molar-refractivity contribution in [2.45, 2.75) is 143 Å². The van der Waals surface area contributed by atoms with E-state index in [2.05, 4.69) is 86.2 Å². The maximum absolute atomic E-state index is 14.1. The van der Waals surface area contributed by atoms with Gasteiger partial charge in [0.25, 0.3) is 0 Å². The molecule has 14 nitrogen and oxygen atoms in total. The fourth-order valence-corrected chi connectivity index (χ4v) is 8.67. The second kappa shape index (κ2) is 19.6. The van der Waals surface area contributed by atoms with Crippen LogP contribution in [-0.2, 0) is 19.1 Å². The Balaban J connectivity index is 1.11. The number of hydrogen-bond acceptors (Lipinski definition) is 8. The highest BCUT2D eigenvalue weighted by molar-refractivity contribution is 5.87. The molecule has 2 aromatic heterocycles. The van der Waals surface area contributed by atoms with E-state index in [-0.39, 0.29) is 35.7 Å². The Morgan fingerprint density at radius 1 is 0.609 bits per heavy atom. The average Bonchev–Trinajstić information content (AvgIpc) is 4.07. The molecule has 0 saturated carbocycles. The van der Waals surface area contributed by atoms with Gasteiger partial charge in [-0.2, -0.15) is 0 Å². The third kappa shape index (κ3) is 11.5. The minimum absolute atomic E-state index is 0.0880. The van der Waals surface area contributed by atoms with Gasteiger partial charge in [0.05, 0.1) is 35.9 Å². The van der Waals surface area contributed by atoms with Gasteiger partial charge in [-0.1, -0.05) is 76.2 Å². The molecule has 0 bridgehead atoms. The van der Waals surface area contributed by atoms with Crippen LogP contribution in [0.1, 0.15) is 131 Å². The van der Waals surface area contributed by atoms with Crippen LogP contribution in [0.4, 0.5) is 9.59 Å². The molecule has 0 aliphatic carbocycles. The van der Waals surface area contributed by atoms with Crippen LogP contribution in [0.2, 0.25) is 0 Å². The predicted molar refractivity (Wildman–Crippen MR) is 249 cm³/mol. The lowest BCUT2D eigenvalue weighted by Gasteiger charge is -2.34. The van der Waals surface area contributed by atoms with Crippen LogP contribution in [0.5, 0.6) is 0 Å². The van der Waals surface area contributed by atoms with Gasteiger partial charge in [0.1, 0.15) is 34.9 Å². The Kier molecular flexibility index (Phi) is 14.6. The van der Waals surface area contributed by atoms with Crippen molar-refractivity contribution in [1.82, 2.24) is 39.5 Å². The van der Waals surface area contributed by atoms with E-state index >= 15 is 0 Å². The number of aromatic amines is 2. The standard InChI is InChI=1S/C50H70N8O6/c1-31(2)27-41(55(11)47(61)63-49(5,6)7)45(59)57-25-13-15-39(57)43-51-29-37(53-43)35-21-17-33(18-22-35)34-19-23-36(24-20-34)38-30-52-44(54-38)40-16-14-26-58(40)46(60)42(28-32(3)4)56(12)48(62)64-50(8,9)10/h17-24,29-32,39-42H,13-16,25-28H2,1-12H3,(H,51,53)(H,52,54)/t39-,40?,41-,42-/m0/s1. The number of amides is 4. The molecule has 2 aromatic carbocycles. The minimum atomic E-state index is -0.666. The summed E-state index contributed by atoms with van der Waals surface area (Å²) in [6, 6.07) is 14.9. The summed E-state index contributed by atoms with van der Waals surface area (Å²) in [7, 11) is 3.30. The predicted octanol–water partition coefficient (Wildman–Crippen LogP) is 10.0. The second-order valence-corrected chi connectivity index (χ2v) is 20.4. The number of nitrogens with zero attached hydrogens (tertiary/aromatic N) is 6. The van der Waals surface area contributed by atoms with Crippen molar-refractivity contribution in [2.75, 3.05) is 27.2 Å². The van der Waals surface area contributed by atoms with Gasteiger partial charge in [-0.05, 0) is 114 Å². The zero-order valence-corrected chi connectivity index (χ0v) is 40.0. The highest BCUT2D eigenvalue weighted by atomic mass is 16.6. The normalized spacial score (nSPS) is 17.8. The van der Waals surface area contributed by atoms with Crippen LogP contribution < -0.4 is 0 Å². The zero-order valence-electron chi connectivity index (χ0n) is 40.0. The highest BCUT2D eigenvalue weighted by Gasteiger charge is 2.41. The van der Waals surface area contributed by atoms with E-state index in [9.17, 15) is 19.2 Å². The van der Waals surface area contributed by atoms with Crippen molar-refractivity contribution < 1.29 is 28.7 Å². The van der Waals surface area contributed by atoms with Crippen LogP contribution in [0.25, 0.3) is 33.6 Å². The second-order valence-electron chi connectivity index (χ2n) is 20.4. The van der Waals surface area contributed by atoms with Gasteiger partial charge in [-0.25, -0.2) is 19.6 Å². The van der Waals surface area contributed by atoms with E-state index in [0.717, 1.165) is 71.0 Å². The topological polar surface area (TPSA) is 157 Å². The smallest absolute Gasteiger partial charge is 0.410 e. The Morgan fingerprint density at radius 3 is 1.25 bits per heavy atom. The molecule has 4 aromatic rings. The number of rotatable bonds is 13. The maximum Gasteiger partial charge on any atom is 0.410 e. The van der Waals surface area contributed by atoms with Crippen LogP contribution in [0, 0.1) is 11.8 Å². The molecule has 346 valence electrons. The summed E-state index contributed by atoms with van der Waals surface area (Å²) in [5.41, 5.74) is 4.48. The minimum Gasteiger partial charge on any atom is -0.444 e. The zero-order chi connectivity index (χ0) is 46.7. The van der Waals surface area contributed by atoms with E-state index in [1.165, 1.54) is 9.80 Å². The first kappa shape index (κ1) is 47.8. The Labute approximate surface area is 379 Å². The molecule has 2 aliphatic rings. The third-order valence-electron chi connectivity index (χ3n) is 11.9. The number of benzene rings is 2. The first-order valence-electron chi connectivity index (χ1n) is 22.9. The van der Waals surface area contributed by atoms with Crippen molar-refractivity contribution in [3.8, 4) is 33.6 Å². The first-order chi connectivity index (χ1) is 30.1. The summed E-state index contributed by atoms with van der Waals surface area (Å²) < 4.78 is 11.3. The van der Waals surface area contributed by atoms with Crippen LogP contribution in [0.3, 0.4) is 0 Å². The molecule has 2 saturated heterocycles. The van der Waals surface area contributed by atoms with Crippen LogP contribution in [-0.4, -0.2) is 114 Å².